The molecule has 1 atom stereocenters. The second-order valence-electron chi connectivity index (χ2n) is 4.69. The Labute approximate surface area is 119 Å². The van der Waals surface area contributed by atoms with E-state index >= 15 is 0 Å². The number of hydrogen-bond acceptors (Lipinski definition) is 2. The van der Waals surface area contributed by atoms with Crippen molar-refractivity contribution in [3.63, 3.8) is 0 Å². The average molecular weight is 311 g/mol. The molecule has 0 bridgehead atoms. The summed E-state index contributed by atoms with van der Waals surface area (Å²) in [7, 11) is 1.98. The molecule has 1 aromatic carbocycles. The van der Waals surface area contributed by atoms with Crippen molar-refractivity contribution >= 4 is 21.6 Å². The molecule has 18 heavy (non-hydrogen) atoms. The van der Waals surface area contributed by atoms with Gasteiger partial charge in [-0.05, 0) is 45.5 Å². The van der Waals surface area contributed by atoms with Crippen molar-refractivity contribution in [2.75, 3.05) is 25.0 Å². The molecule has 0 heterocycles. The molecule has 0 aromatic heterocycles. The van der Waals surface area contributed by atoms with Crippen LogP contribution in [0.4, 0.5) is 5.69 Å². The Morgan fingerprint density at radius 3 is 2.61 bits per heavy atom. The summed E-state index contributed by atoms with van der Waals surface area (Å²) in [5.74, 6) is 0. The lowest BCUT2D eigenvalue weighted by Crippen LogP contribution is -2.24. The van der Waals surface area contributed by atoms with E-state index in [-0.39, 0.29) is 0 Å². The lowest BCUT2D eigenvalue weighted by Gasteiger charge is -2.24. The molecule has 0 spiro atoms. The van der Waals surface area contributed by atoms with E-state index in [1.807, 2.05) is 7.05 Å². The minimum Gasteiger partial charge on any atom is -0.368 e. The van der Waals surface area contributed by atoms with Gasteiger partial charge in [0.05, 0.1) is 0 Å². The maximum atomic E-state index is 3.99. The van der Waals surface area contributed by atoms with E-state index in [1.165, 1.54) is 16.8 Å². The van der Waals surface area contributed by atoms with Crippen LogP contribution < -0.4 is 10.2 Å². The number of nitrogens with zero attached hydrogens (tertiary/aromatic N) is 1. The van der Waals surface area contributed by atoms with Gasteiger partial charge in [0.1, 0.15) is 0 Å². The highest BCUT2D eigenvalue weighted by Gasteiger charge is 2.10. The summed E-state index contributed by atoms with van der Waals surface area (Å²) in [4.78, 5) is 2.32. The highest BCUT2D eigenvalue weighted by atomic mass is 79.9. The molecule has 2 nitrogen and oxygen atoms in total. The van der Waals surface area contributed by atoms with Gasteiger partial charge in [-0.15, -0.1) is 0 Å². The van der Waals surface area contributed by atoms with Gasteiger partial charge >= 0.3 is 0 Å². The smallest absolute Gasteiger partial charge is 0.0383 e. The highest BCUT2D eigenvalue weighted by Crippen LogP contribution is 2.28. The quantitative estimate of drug-likeness (QED) is 0.795. The van der Waals surface area contributed by atoms with Gasteiger partial charge in [0, 0.05) is 29.3 Å². The molecule has 0 amide bonds. The number of anilines is 1. The van der Waals surface area contributed by atoms with Crippen LogP contribution in [0.15, 0.2) is 34.8 Å². The van der Waals surface area contributed by atoms with Crippen LogP contribution in [-0.4, -0.2) is 20.1 Å². The van der Waals surface area contributed by atoms with Crippen molar-refractivity contribution in [2.24, 2.45) is 0 Å². The van der Waals surface area contributed by atoms with Crippen molar-refractivity contribution in [3.05, 3.63) is 40.4 Å². The summed E-state index contributed by atoms with van der Waals surface area (Å²) in [6, 6.07) is 6.90. The Kier molecular flexibility index (Phi) is 5.89. The third kappa shape index (κ3) is 3.85. The maximum absolute atomic E-state index is 3.99. The van der Waals surface area contributed by atoms with Gasteiger partial charge in [-0.1, -0.05) is 34.1 Å². The molecule has 1 unspecified atom stereocenters. The second-order valence-corrected chi connectivity index (χ2v) is 5.54. The van der Waals surface area contributed by atoms with Gasteiger partial charge in [0.15, 0.2) is 0 Å². The summed E-state index contributed by atoms with van der Waals surface area (Å²) < 4.78 is 1.15. The maximum Gasteiger partial charge on any atom is 0.0383 e. The molecule has 0 radical (unpaired) electrons. The molecule has 1 N–H and O–H groups in total. The number of halogens is 1. The minimum atomic E-state index is 0.352. The van der Waals surface area contributed by atoms with Crippen LogP contribution in [-0.2, 0) is 0 Å². The van der Waals surface area contributed by atoms with E-state index in [0.717, 1.165) is 17.6 Å². The molecule has 3 heteroatoms. The fourth-order valence-corrected chi connectivity index (χ4v) is 2.64. The normalized spacial score (nSPS) is 12.3. The second kappa shape index (κ2) is 6.95. The lowest BCUT2D eigenvalue weighted by molar-refractivity contribution is 0.649. The average Bonchev–Trinajstić information content (AvgIpc) is 2.34. The summed E-state index contributed by atoms with van der Waals surface area (Å²) in [5, 5.41) is 3.26. The third-order valence-corrected chi connectivity index (χ3v) is 3.78. The largest absolute Gasteiger partial charge is 0.368 e. The first-order chi connectivity index (χ1) is 8.49. The van der Waals surface area contributed by atoms with Crippen LogP contribution in [0, 0.1) is 0 Å². The molecule has 1 rings (SSSR count). The van der Waals surface area contributed by atoms with Crippen molar-refractivity contribution in [1.29, 1.82) is 0 Å². The number of rotatable bonds is 6. The molecule has 0 aliphatic heterocycles. The van der Waals surface area contributed by atoms with Crippen molar-refractivity contribution in [3.8, 4) is 0 Å². The predicted octanol–water partition coefficient (Wildman–Crippen LogP) is 4.13. The highest BCUT2D eigenvalue weighted by molar-refractivity contribution is 9.10. The van der Waals surface area contributed by atoms with E-state index < -0.39 is 0 Å². The third-order valence-electron chi connectivity index (χ3n) is 3.09. The predicted molar refractivity (Wildman–Crippen MR) is 84.3 cm³/mol. The monoisotopic (exact) mass is 310 g/mol. The first-order valence-corrected chi connectivity index (χ1v) is 7.14. The van der Waals surface area contributed by atoms with Gasteiger partial charge in [-0.25, -0.2) is 0 Å². The van der Waals surface area contributed by atoms with Gasteiger partial charge < -0.3 is 10.2 Å². The summed E-state index contributed by atoms with van der Waals surface area (Å²) in [5.41, 5.74) is 3.70. The van der Waals surface area contributed by atoms with E-state index in [4.69, 9.17) is 0 Å². The van der Waals surface area contributed by atoms with E-state index in [9.17, 15) is 0 Å². The van der Waals surface area contributed by atoms with Crippen molar-refractivity contribution in [2.45, 2.75) is 26.8 Å². The molecule has 0 fully saturated rings. The zero-order chi connectivity index (χ0) is 13.7. The summed E-state index contributed by atoms with van der Waals surface area (Å²) in [6.45, 7) is 12.3. The molecule has 0 saturated heterocycles. The Hall–Kier alpha value is -0.800. The van der Waals surface area contributed by atoms with E-state index in [2.05, 4.69) is 71.7 Å². The Morgan fingerprint density at radius 2 is 2.17 bits per heavy atom. The fraction of sp³-hybridized carbons (Fsp3) is 0.467. The van der Waals surface area contributed by atoms with E-state index in [0.29, 0.717) is 6.04 Å². The van der Waals surface area contributed by atoms with Crippen molar-refractivity contribution in [1.82, 2.24) is 5.32 Å². The van der Waals surface area contributed by atoms with Crippen LogP contribution in [0.25, 0.3) is 0 Å². The lowest BCUT2D eigenvalue weighted by atomic mass is 10.1. The number of benzene rings is 1. The SMILES string of the molecule is C=C(C)CN(CC)c1ccc(C(C)NC)c(Br)c1. The van der Waals surface area contributed by atoms with Gasteiger partial charge in [0.25, 0.3) is 0 Å². The van der Waals surface area contributed by atoms with Crippen LogP contribution in [0.2, 0.25) is 0 Å². The molecule has 100 valence electrons. The Bertz CT molecular complexity index is 415. The van der Waals surface area contributed by atoms with Gasteiger partial charge in [0.2, 0.25) is 0 Å². The first kappa shape index (κ1) is 15.3. The fourth-order valence-electron chi connectivity index (χ4n) is 1.93. The standard InChI is InChI=1S/C15H23BrN2/c1-6-18(10-11(2)3)13-7-8-14(12(4)17-5)15(16)9-13/h7-9,12,17H,2,6,10H2,1,3-5H3. The topological polar surface area (TPSA) is 15.3 Å². The molecular formula is C15H23BrN2. The molecule has 1 aromatic rings. The summed E-state index contributed by atoms with van der Waals surface area (Å²) in [6.07, 6.45) is 0. The van der Waals surface area contributed by atoms with Crippen LogP contribution in [0.5, 0.6) is 0 Å². The van der Waals surface area contributed by atoms with E-state index in [1.54, 1.807) is 0 Å². The number of likely N-dealkylation sites (N-methyl/N-ethyl adjacent to an activating group) is 1. The first-order valence-electron chi connectivity index (χ1n) is 6.35. The summed E-state index contributed by atoms with van der Waals surface area (Å²) >= 11 is 3.66. The van der Waals surface area contributed by atoms with Crippen LogP contribution in [0.1, 0.15) is 32.4 Å². The molecule has 0 aliphatic carbocycles. The zero-order valence-electron chi connectivity index (χ0n) is 11.8. The Morgan fingerprint density at radius 1 is 1.50 bits per heavy atom. The molecule has 0 saturated carbocycles. The minimum absolute atomic E-state index is 0.352. The zero-order valence-corrected chi connectivity index (χ0v) is 13.3. The Balaban J connectivity index is 2.98. The number of nitrogens with one attached hydrogen (secondary N) is 1. The van der Waals surface area contributed by atoms with Crippen LogP contribution >= 0.6 is 15.9 Å². The number of hydrogen-bond donors (Lipinski definition) is 1. The van der Waals surface area contributed by atoms with Gasteiger partial charge in [-0.2, -0.15) is 0 Å². The van der Waals surface area contributed by atoms with Crippen molar-refractivity contribution < 1.29 is 0 Å². The van der Waals surface area contributed by atoms with Gasteiger partial charge in [-0.3, -0.25) is 0 Å². The molecular weight excluding hydrogens is 288 g/mol. The molecule has 0 aliphatic rings. The van der Waals surface area contributed by atoms with Crippen LogP contribution in [0.3, 0.4) is 0 Å².